The molecule has 1 N–H and O–H groups in total. The van der Waals surface area contributed by atoms with Gasteiger partial charge in [-0.05, 0) is 36.6 Å². The number of rotatable bonds is 6. The van der Waals surface area contributed by atoms with E-state index in [9.17, 15) is 0 Å². The number of nitrogens with one attached hydrogen (secondary N) is 1. The lowest BCUT2D eigenvalue weighted by atomic mass is 10.0. The second-order valence-electron chi connectivity index (χ2n) is 5.92. The Balaban J connectivity index is 1.48. The summed E-state index contributed by atoms with van der Waals surface area (Å²) in [4.78, 5) is 6.86. The quantitative estimate of drug-likeness (QED) is 0.810. The van der Waals surface area contributed by atoms with Crippen LogP contribution in [0.4, 0.5) is 5.13 Å². The van der Waals surface area contributed by atoms with Crippen molar-refractivity contribution in [3.63, 3.8) is 0 Å². The first-order valence-corrected chi connectivity index (χ1v) is 9.40. The molecule has 0 aliphatic carbocycles. The standard InChI is InChI=1S/C16H20Cl2N4OS/c1-23-10-15-20-16(24-21-15)19-14-2-4-22(5-3-14)9-11-6-12(17)8-13(18)7-11/h6-8,14H,2-5,9-10H2,1H3,(H,19,20,21). The maximum Gasteiger partial charge on any atom is 0.202 e. The van der Waals surface area contributed by atoms with E-state index >= 15 is 0 Å². The fourth-order valence-corrected chi connectivity index (χ4v) is 4.09. The van der Waals surface area contributed by atoms with Gasteiger partial charge in [0, 0.05) is 54.4 Å². The molecule has 130 valence electrons. The topological polar surface area (TPSA) is 50.3 Å². The summed E-state index contributed by atoms with van der Waals surface area (Å²) < 4.78 is 9.31. The average Bonchev–Trinajstić information content (AvgIpc) is 2.96. The normalized spacial score (nSPS) is 16.5. The second kappa shape index (κ2) is 8.45. The molecule has 1 saturated heterocycles. The minimum Gasteiger partial charge on any atom is -0.377 e. The first-order chi connectivity index (χ1) is 11.6. The van der Waals surface area contributed by atoms with E-state index < -0.39 is 0 Å². The van der Waals surface area contributed by atoms with Crippen molar-refractivity contribution in [2.24, 2.45) is 0 Å². The number of piperidine rings is 1. The molecule has 0 saturated carbocycles. The highest BCUT2D eigenvalue weighted by molar-refractivity contribution is 7.09. The van der Waals surface area contributed by atoms with Gasteiger partial charge in [-0.1, -0.05) is 23.2 Å². The molecule has 1 fully saturated rings. The van der Waals surface area contributed by atoms with Gasteiger partial charge in [-0.3, -0.25) is 4.90 Å². The molecule has 0 unspecified atom stereocenters. The van der Waals surface area contributed by atoms with Crippen LogP contribution < -0.4 is 5.32 Å². The van der Waals surface area contributed by atoms with Crippen LogP contribution in [0.2, 0.25) is 10.0 Å². The van der Waals surface area contributed by atoms with Gasteiger partial charge in [0.1, 0.15) is 6.61 Å². The van der Waals surface area contributed by atoms with Crippen molar-refractivity contribution in [2.75, 3.05) is 25.5 Å². The first-order valence-electron chi connectivity index (χ1n) is 7.88. The predicted octanol–water partition coefficient (Wildman–Crippen LogP) is 4.07. The number of aromatic nitrogens is 2. The Labute approximate surface area is 156 Å². The molecule has 24 heavy (non-hydrogen) atoms. The summed E-state index contributed by atoms with van der Waals surface area (Å²) in [6, 6.07) is 6.17. The SMILES string of the molecule is COCc1nsc(NC2CCN(Cc3cc(Cl)cc(Cl)c3)CC2)n1. The van der Waals surface area contributed by atoms with E-state index in [-0.39, 0.29) is 0 Å². The number of benzene rings is 1. The lowest BCUT2D eigenvalue weighted by Gasteiger charge is -2.32. The molecule has 0 amide bonds. The molecule has 5 nitrogen and oxygen atoms in total. The molecule has 3 rings (SSSR count). The molecule has 0 bridgehead atoms. The molecule has 2 aromatic rings. The number of hydrogen-bond donors (Lipinski definition) is 1. The molecule has 0 radical (unpaired) electrons. The molecule has 1 aliphatic rings. The number of likely N-dealkylation sites (tertiary alicyclic amines) is 1. The fraction of sp³-hybridized carbons (Fsp3) is 0.500. The van der Waals surface area contributed by atoms with E-state index in [1.165, 1.54) is 11.5 Å². The van der Waals surface area contributed by atoms with E-state index in [0.717, 1.165) is 49.0 Å². The molecular formula is C16H20Cl2N4OS. The number of hydrogen-bond acceptors (Lipinski definition) is 6. The van der Waals surface area contributed by atoms with Crippen molar-refractivity contribution < 1.29 is 4.74 Å². The molecule has 2 heterocycles. The number of methoxy groups -OCH3 is 1. The Bertz CT molecular complexity index is 654. The average molecular weight is 387 g/mol. The van der Waals surface area contributed by atoms with E-state index in [4.69, 9.17) is 27.9 Å². The van der Waals surface area contributed by atoms with Crippen molar-refractivity contribution in [1.29, 1.82) is 0 Å². The Hall–Kier alpha value is -0.920. The molecule has 1 aromatic carbocycles. The summed E-state index contributed by atoms with van der Waals surface area (Å²) in [5.74, 6) is 0.736. The van der Waals surface area contributed by atoms with Crippen LogP contribution in [-0.4, -0.2) is 40.5 Å². The summed E-state index contributed by atoms with van der Waals surface area (Å²) in [5, 5.41) is 5.74. The summed E-state index contributed by atoms with van der Waals surface area (Å²) in [7, 11) is 1.65. The van der Waals surface area contributed by atoms with Crippen LogP contribution in [0.25, 0.3) is 0 Å². The van der Waals surface area contributed by atoms with E-state index in [0.29, 0.717) is 22.7 Å². The Morgan fingerprint density at radius 1 is 1.25 bits per heavy atom. The van der Waals surface area contributed by atoms with Gasteiger partial charge < -0.3 is 10.1 Å². The molecular weight excluding hydrogens is 367 g/mol. The van der Waals surface area contributed by atoms with Crippen LogP contribution in [0.5, 0.6) is 0 Å². The highest BCUT2D eigenvalue weighted by atomic mass is 35.5. The third-order valence-corrected chi connectivity index (χ3v) is 5.11. The second-order valence-corrected chi connectivity index (χ2v) is 7.55. The lowest BCUT2D eigenvalue weighted by Crippen LogP contribution is -2.38. The summed E-state index contributed by atoms with van der Waals surface area (Å²) >= 11 is 13.5. The number of anilines is 1. The van der Waals surface area contributed by atoms with Crippen LogP contribution in [-0.2, 0) is 17.9 Å². The highest BCUT2D eigenvalue weighted by Gasteiger charge is 2.20. The lowest BCUT2D eigenvalue weighted by molar-refractivity contribution is 0.179. The largest absolute Gasteiger partial charge is 0.377 e. The van der Waals surface area contributed by atoms with E-state index in [2.05, 4.69) is 19.6 Å². The van der Waals surface area contributed by atoms with Crippen molar-refractivity contribution >= 4 is 39.9 Å². The molecule has 1 aromatic heterocycles. The van der Waals surface area contributed by atoms with Gasteiger partial charge in [-0.2, -0.15) is 4.37 Å². The third-order valence-electron chi connectivity index (χ3n) is 3.99. The monoisotopic (exact) mass is 386 g/mol. The van der Waals surface area contributed by atoms with Gasteiger partial charge in [0.05, 0.1) is 0 Å². The summed E-state index contributed by atoms with van der Waals surface area (Å²) in [6.07, 6.45) is 2.15. The Morgan fingerprint density at radius 3 is 2.62 bits per heavy atom. The predicted molar refractivity (Wildman–Crippen MR) is 99.0 cm³/mol. The van der Waals surface area contributed by atoms with Crippen LogP contribution >= 0.6 is 34.7 Å². The van der Waals surface area contributed by atoms with Gasteiger partial charge in [-0.25, -0.2) is 4.98 Å². The molecule has 0 atom stereocenters. The zero-order chi connectivity index (χ0) is 16.9. The maximum atomic E-state index is 6.07. The van der Waals surface area contributed by atoms with Gasteiger partial charge in [0.2, 0.25) is 5.13 Å². The van der Waals surface area contributed by atoms with E-state index in [1.54, 1.807) is 13.2 Å². The summed E-state index contributed by atoms with van der Waals surface area (Å²) in [6.45, 7) is 3.40. The third kappa shape index (κ3) is 5.04. The van der Waals surface area contributed by atoms with Crippen LogP contribution in [0, 0.1) is 0 Å². The van der Waals surface area contributed by atoms with Crippen molar-refractivity contribution in [2.45, 2.75) is 32.0 Å². The van der Waals surface area contributed by atoms with Crippen LogP contribution in [0.3, 0.4) is 0 Å². The highest BCUT2D eigenvalue weighted by Crippen LogP contribution is 2.23. The van der Waals surface area contributed by atoms with Crippen molar-refractivity contribution in [3.8, 4) is 0 Å². The van der Waals surface area contributed by atoms with Gasteiger partial charge >= 0.3 is 0 Å². The number of halogens is 2. The number of ether oxygens (including phenoxy) is 1. The minimum atomic E-state index is 0.438. The van der Waals surface area contributed by atoms with Crippen molar-refractivity contribution in [1.82, 2.24) is 14.3 Å². The molecule has 8 heteroatoms. The Kier molecular flexibility index (Phi) is 6.30. The van der Waals surface area contributed by atoms with Gasteiger partial charge in [-0.15, -0.1) is 0 Å². The zero-order valence-corrected chi connectivity index (χ0v) is 15.8. The number of nitrogens with zero attached hydrogens (tertiary/aromatic N) is 3. The van der Waals surface area contributed by atoms with E-state index in [1.807, 2.05) is 12.1 Å². The van der Waals surface area contributed by atoms with Gasteiger partial charge in [0.25, 0.3) is 0 Å². The van der Waals surface area contributed by atoms with Crippen LogP contribution in [0.15, 0.2) is 18.2 Å². The smallest absolute Gasteiger partial charge is 0.202 e. The molecule has 0 spiro atoms. The minimum absolute atomic E-state index is 0.438. The van der Waals surface area contributed by atoms with Crippen LogP contribution in [0.1, 0.15) is 24.2 Å². The summed E-state index contributed by atoms with van der Waals surface area (Å²) in [5.41, 5.74) is 1.16. The molecule has 1 aliphatic heterocycles. The van der Waals surface area contributed by atoms with Gasteiger partial charge in [0.15, 0.2) is 5.82 Å². The zero-order valence-electron chi connectivity index (χ0n) is 13.5. The maximum absolute atomic E-state index is 6.07. The fourth-order valence-electron chi connectivity index (χ4n) is 2.87. The Morgan fingerprint density at radius 2 is 1.96 bits per heavy atom. The van der Waals surface area contributed by atoms with Crippen molar-refractivity contribution in [3.05, 3.63) is 39.6 Å². The first kappa shape index (κ1) is 17.9.